The molecule has 0 bridgehead atoms. The largest absolute Gasteiger partial charge is 0.508 e. The third-order valence-electron chi connectivity index (χ3n) is 4.31. The van der Waals surface area contributed by atoms with Crippen LogP contribution in [-0.4, -0.2) is 21.6 Å². The lowest BCUT2D eigenvalue weighted by atomic mass is 9.92. The molecule has 0 aromatic heterocycles. The molecule has 3 rings (SSSR count). The maximum Gasteiger partial charge on any atom is 0.174 e. The van der Waals surface area contributed by atoms with Gasteiger partial charge in [0.15, 0.2) is 5.78 Å². The second kappa shape index (κ2) is 6.55. The minimum atomic E-state index is -0.544. The maximum atomic E-state index is 12.7. The number of phenols is 2. The molecule has 1 heterocycles. The number of carbonyl (C=O) groups is 1. The molecule has 0 saturated heterocycles. The van der Waals surface area contributed by atoms with E-state index < -0.39 is 11.7 Å². The van der Waals surface area contributed by atoms with Crippen molar-refractivity contribution in [3.63, 3.8) is 0 Å². The zero-order valence-corrected chi connectivity index (χ0v) is 15.8. The van der Waals surface area contributed by atoms with E-state index >= 15 is 0 Å². The number of hydrogen-bond donors (Lipinski definition) is 2. The van der Waals surface area contributed by atoms with E-state index in [1.165, 1.54) is 0 Å². The van der Waals surface area contributed by atoms with E-state index in [9.17, 15) is 15.0 Å². The summed E-state index contributed by atoms with van der Waals surface area (Å²) >= 11 is 0. The topological polar surface area (TPSA) is 76.0 Å². The molecule has 0 fully saturated rings. The van der Waals surface area contributed by atoms with Crippen LogP contribution >= 0.6 is 0 Å². The van der Waals surface area contributed by atoms with E-state index in [1.54, 1.807) is 24.3 Å². The highest BCUT2D eigenvalue weighted by atomic mass is 16.5. The van der Waals surface area contributed by atoms with E-state index in [4.69, 9.17) is 15.9 Å². The molecule has 0 saturated carbocycles. The van der Waals surface area contributed by atoms with Gasteiger partial charge in [-0.1, -0.05) is 12.0 Å². The Morgan fingerprint density at radius 3 is 2.56 bits per heavy atom. The SMILES string of the molecule is C#Cc1c(OC(C)(C)C)cc2c(c1O)C(=O)CC(c1ccc(O)cc1C)O2. The van der Waals surface area contributed by atoms with E-state index in [0.717, 1.165) is 11.1 Å². The summed E-state index contributed by atoms with van der Waals surface area (Å²) < 4.78 is 11.9. The molecule has 0 aliphatic carbocycles. The molecule has 2 aromatic rings. The van der Waals surface area contributed by atoms with Crippen LogP contribution in [0.25, 0.3) is 0 Å². The Labute approximate surface area is 158 Å². The number of terminal acetylenes is 1. The van der Waals surface area contributed by atoms with E-state index in [1.807, 2.05) is 27.7 Å². The smallest absolute Gasteiger partial charge is 0.174 e. The minimum absolute atomic E-state index is 0.0651. The van der Waals surface area contributed by atoms with Crippen LogP contribution in [0.2, 0.25) is 0 Å². The molecule has 2 N–H and O–H groups in total. The Morgan fingerprint density at radius 1 is 1.26 bits per heavy atom. The molecule has 1 aliphatic heterocycles. The average molecular weight is 366 g/mol. The molecule has 0 amide bonds. The highest BCUT2D eigenvalue weighted by molar-refractivity contribution is 6.03. The van der Waals surface area contributed by atoms with Crippen LogP contribution in [0.1, 0.15) is 60.3 Å². The van der Waals surface area contributed by atoms with Crippen molar-refractivity contribution in [2.75, 3.05) is 0 Å². The van der Waals surface area contributed by atoms with Gasteiger partial charge in [0.25, 0.3) is 0 Å². The maximum absolute atomic E-state index is 12.7. The molecule has 0 radical (unpaired) electrons. The second-order valence-electron chi connectivity index (χ2n) is 7.60. The van der Waals surface area contributed by atoms with Crippen LogP contribution in [0, 0.1) is 19.3 Å². The summed E-state index contributed by atoms with van der Waals surface area (Å²) in [5.74, 6) is 2.53. The van der Waals surface area contributed by atoms with Crippen LogP contribution in [0.5, 0.6) is 23.0 Å². The number of hydrogen-bond acceptors (Lipinski definition) is 5. The first-order chi connectivity index (χ1) is 12.6. The van der Waals surface area contributed by atoms with Crippen molar-refractivity contribution in [2.45, 2.75) is 45.8 Å². The van der Waals surface area contributed by atoms with Crippen molar-refractivity contribution in [3.05, 3.63) is 46.5 Å². The van der Waals surface area contributed by atoms with Crippen molar-refractivity contribution in [3.8, 4) is 35.3 Å². The van der Waals surface area contributed by atoms with Gasteiger partial charge in [0.1, 0.15) is 45.8 Å². The molecular formula is C22H22O5. The molecule has 1 atom stereocenters. The zero-order valence-electron chi connectivity index (χ0n) is 15.8. The minimum Gasteiger partial charge on any atom is -0.508 e. The summed E-state index contributed by atoms with van der Waals surface area (Å²) in [7, 11) is 0. The molecule has 140 valence electrons. The highest BCUT2D eigenvalue weighted by Gasteiger charge is 2.34. The van der Waals surface area contributed by atoms with Crippen LogP contribution in [0.3, 0.4) is 0 Å². The van der Waals surface area contributed by atoms with Crippen LogP contribution in [0.15, 0.2) is 24.3 Å². The number of Topliss-reactive ketones (excluding diaryl/α,β-unsaturated/α-hetero) is 1. The van der Waals surface area contributed by atoms with Gasteiger partial charge in [0.2, 0.25) is 0 Å². The molecule has 1 unspecified atom stereocenters. The van der Waals surface area contributed by atoms with Crippen LogP contribution < -0.4 is 9.47 Å². The standard InChI is InChI=1S/C22H22O5/c1-6-14-18(27-22(3,4)5)11-19-20(21(14)25)16(24)10-17(26-19)15-8-7-13(23)9-12(15)2/h1,7-9,11,17,23,25H,10H2,2-5H3. The Morgan fingerprint density at radius 2 is 1.96 bits per heavy atom. The Bertz CT molecular complexity index is 960. The zero-order chi connectivity index (χ0) is 19.9. The summed E-state index contributed by atoms with van der Waals surface area (Å²) in [5, 5.41) is 20.2. The van der Waals surface area contributed by atoms with Gasteiger partial charge >= 0.3 is 0 Å². The lowest BCUT2D eigenvalue weighted by Gasteiger charge is -2.29. The number of aryl methyl sites for hydroxylation is 1. The lowest BCUT2D eigenvalue weighted by molar-refractivity contribution is 0.0840. The third kappa shape index (κ3) is 3.56. The first-order valence-electron chi connectivity index (χ1n) is 8.65. The fraction of sp³-hybridized carbons (Fsp3) is 0.318. The van der Waals surface area contributed by atoms with Crippen molar-refractivity contribution in [1.29, 1.82) is 0 Å². The molecule has 2 aromatic carbocycles. The van der Waals surface area contributed by atoms with Gasteiger partial charge in [-0.15, -0.1) is 6.42 Å². The summed E-state index contributed by atoms with van der Waals surface area (Å²) in [6.07, 6.45) is 5.08. The molecule has 27 heavy (non-hydrogen) atoms. The van der Waals surface area contributed by atoms with E-state index in [2.05, 4.69) is 5.92 Å². The van der Waals surface area contributed by atoms with Gasteiger partial charge in [0, 0.05) is 6.07 Å². The fourth-order valence-corrected chi connectivity index (χ4v) is 3.19. The monoisotopic (exact) mass is 366 g/mol. The molecule has 5 nitrogen and oxygen atoms in total. The lowest BCUT2D eigenvalue weighted by Crippen LogP contribution is -2.25. The number of fused-ring (bicyclic) bond motifs is 1. The summed E-state index contributed by atoms with van der Waals surface area (Å²) in [4.78, 5) is 12.7. The number of carbonyl (C=O) groups excluding carboxylic acids is 1. The van der Waals surface area contributed by atoms with Gasteiger partial charge in [-0.25, -0.2) is 0 Å². The van der Waals surface area contributed by atoms with Crippen LogP contribution in [0.4, 0.5) is 0 Å². The summed E-state index contributed by atoms with van der Waals surface area (Å²) in [5.41, 5.74) is 1.28. The quantitative estimate of drug-likeness (QED) is 0.776. The van der Waals surface area contributed by atoms with E-state index in [-0.39, 0.29) is 46.3 Å². The number of phenolic OH excluding ortho intramolecular Hbond substituents is 2. The van der Waals surface area contributed by atoms with Crippen molar-refractivity contribution < 1.29 is 24.5 Å². The van der Waals surface area contributed by atoms with Crippen molar-refractivity contribution in [2.24, 2.45) is 0 Å². The number of ketones is 1. The molecule has 5 heteroatoms. The van der Waals surface area contributed by atoms with Gasteiger partial charge in [-0.05, 0) is 51.0 Å². The molecular weight excluding hydrogens is 344 g/mol. The van der Waals surface area contributed by atoms with Gasteiger partial charge in [-0.3, -0.25) is 4.79 Å². The van der Waals surface area contributed by atoms with Gasteiger partial charge in [0.05, 0.1) is 6.42 Å². The van der Waals surface area contributed by atoms with Crippen molar-refractivity contribution in [1.82, 2.24) is 0 Å². The highest BCUT2D eigenvalue weighted by Crippen LogP contribution is 2.45. The second-order valence-corrected chi connectivity index (χ2v) is 7.60. The average Bonchev–Trinajstić information content (AvgIpc) is 2.52. The predicted octanol–water partition coefficient (Wildman–Crippen LogP) is 4.27. The fourth-order valence-electron chi connectivity index (χ4n) is 3.19. The Hall–Kier alpha value is -3.13. The van der Waals surface area contributed by atoms with Crippen LogP contribution in [-0.2, 0) is 0 Å². The first kappa shape index (κ1) is 18.7. The predicted molar refractivity (Wildman–Crippen MR) is 102 cm³/mol. The normalized spacial score (nSPS) is 16.3. The van der Waals surface area contributed by atoms with Gasteiger partial charge < -0.3 is 19.7 Å². The summed E-state index contributed by atoms with van der Waals surface area (Å²) in [6.45, 7) is 7.42. The number of benzene rings is 2. The number of ether oxygens (including phenoxy) is 2. The molecule has 1 aliphatic rings. The summed E-state index contributed by atoms with van der Waals surface area (Å²) in [6, 6.07) is 6.47. The number of aromatic hydroxyl groups is 2. The van der Waals surface area contributed by atoms with Crippen molar-refractivity contribution >= 4 is 5.78 Å². The third-order valence-corrected chi connectivity index (χ3v) is 4.31. The first-order valence-corrected chi connectivity index (χ1v) is 8.65. The Kier molecular flexibility index (Phi) is 4.52. The van der Waals surface area contributed by atoms with Gasteiger partial charge in [-0.2, -0.15) is 0 Å². The Balaban J connectivity index is 2.09. The molecule has 0 spiro atoms. The van der Waals surface area contributed by atoms with E-state index in [0.29, 0.717) is 0 Å². The number of rotatable bonds is 2.